The van der Waals surface area contributed by atoms with Crippen molar-refractivity contribution in [1.29, 1.82) is 0 Å². The predicted molar refractivity (Wildman–Crippen MR) is 116 cm³/mol. The number of thiocarbonyl (C=S) groups is 1. The van der Waals surface area contributed by atoms with Crippen molar-refractivity contribution >= 4 is 28.7 Å². The molecular formula is C23H21N3S. The molecule has 27 heavy (non-hydrogen) atoms. The predicted octanol–water partition coefficient (Wildman–Crippen LogP) is 5.54. The number of para-hydroxylation sites is 1. The fourth-order valence-electron chi connectivity index (χ4n) is 3.32. The standard InChI is InChI=1S/C23H21N3S/c1-17-10-8-9-15-20(17)24-23(27)26-22(19-13-6-3-7-14-19)16-21(25-26)18-11-4-2-5-12-18/h2-15,22H,16H2,1H3,(H,24,27). The van der Waals surface area contributed by atoms with Crippen LogP contribution in [0.2, 0.25) is 0 Å². The van der Waals surface area contributed by atoms with Gasteiger partial charge in [0.05, 0.1) is 11.8 Å². The van der Waals surface area contributed by atoms with E-state index in [1.807, 2.05) is 47.5 Å². The van der Waals surface area contributed by atoms with Gasteiger partial charge in [-0.05, 0) is 41.9 Å². The lowest BCUT2D eigenvalue weighted by atomic mass is 9.99. The molecule has 1 heterocycles. The third-order valence-electron chi connectivity index (χ3n) is 4.80. The molecule has 0 spiro atoms. The van der Waals surface area contributed by atoms with Gasteiger partial charge in [-0.25, -0.2) is 5.01 Å². The largest absolute Gasteiger partial charge is 0.331 e. The summed E-state index contributed by atoms with van der Waals surface area (Å²) in [4.78, 5) is 0. The molecule has 1 aliphatic heterocycles. The maximum absolute atomic E-state index is 5.74. The first-order valence-electron chi connectivity index (χ1n) is 9.06. The van der Waals surface area contributed by atoms with Crippen molar-refractivity contribution in [1.82, 2.24) is 5.01 Å². The molecule has 134 valence electrons. The van der Waals surface area contributed by atoms with Gasteiger partial charge in [-0.1, -0.05) is 78.9 Å². The highest BCUT2D eigenvalue weighted by Gasteiger charge is 2.31. The van der Waals surface area contributed by atoms with E-state index in [2.05, 4.69) is 54.7 Å². The van der Waals surface area contributed by atoms with Crippen LogP contribution in [0, 0.1) is 6.92 Å². The highest BCUT2D eigenvalue weighted by atomic mass is 32.1. The molecule has 1 atom stereocenters. The Balaban J connectivity index is 1.66. The maximum atomic E-state index is 5.74. The lowest BCUT2D eigenvalue weighted by Gasteiger charge is -2.25. The van der Waals surface area contributed by atoms with E-state index in [9.17, 15) is 0 Å². The van der Waals surface area contributed by atoms with Crippen molar-refractivity contribution in [3.8, 4) is 0 Å². The minimum atomic E-state index is 0.0884. The van der Waals surface area contributed by atoms with Crippen LogP contribution in [0.15, 0.2) is 90.0 Å². The van der Waals surface area contributed by atoms with Crippen LogP contribution < -0.4 is 5.32 Å². The second kappa shape index (κ2) is 7.72. The molecule has 0 saturated carbocycles. The summed E-state index contributed by atoms with van der Waals surface area (Å²) in [7, 11) is 0. The van der Waals surface area contributed by atoms with Crippen LogP contribution >= 0.6 is 12.2 Å². The van der Waals surface area contributed by atoms with E-state index in [4.69, 9.17) is 17.3 Å². The summed E-state index contributed by atoms with van der Waals surface area (Å²) in [5.41, 5.74) is 5.57. The first-order chi connectivity index (χ1) is 13.2. The summed E-state index contributed by atoms with van der Waals surface area (Å²) in [6.45, 7) is 2.07. The van der Waals surface area contributed by atoms with Gasteiger partial charge in [0.25, 0.3) is 0 Å². The zero-order chi connectivity index (χ0) is 18.6. The SMILES string of the molecule is Cc1ccccc1NC(=S)N1N=C(c2ccccc2)CC1c1ccccc1. The summed E-state index contributed by atoms with van der Waals surface area (Å²) in [6.07, 6.45) is 0.823. The van der Waals surface area contributed by atoms with Gasteiger partial charge in [-0.15, -0.1) is 0 Å². The Morgan fingerprint density at radius 2 is 1.56 bits per heavy atom. The van der Waals surface area contributed by atoms with E-state index in [1.54, 1.807) is 0 Å². The number of rotatable bonds is 3. The van der Waals surface area contributed by atoms with E-state index >= 15 is 0 Å². The average Bonchev–Trinajstić information content (AvgIpc) is 3.17. The molecule has 0 amide bonds. The van der Waals surface area contributed by atoms with E-state index in [-0.39, 0.29) is 6.04 Å². The number of hydrazone groups is 1. The van der Waals surface area contributed by atoms with Crippen LogP contribution in [-0.4, -0.2) is 15.8 Å². The van der Waals surface area contributed by atoms with Gasteiger partial charge in [0.2, 0.25) is 0 Å². The molecule has 0 aromatic heterocycles. The topological polar surface area (TPSA) is 27.6 Å². The molecule has 0 radical (unpaired) electrons. The molecule has 0 aliphatic carbocycles. The molecule has 3 nitrogen and oxygen atoms in total. The Kier molecular flexibility index (Phi) is 4.99. The van der Waals surface area contributed by atoms with Gasteiger partial charge < -0.3 is 5.32 Å². The first kappa shape index (κ1) is 17.4. The zero-order valence-electron chi connectivity index (χ0n) is 15.2. The Bertz CT molecular complexity index is 967. The van der Waals surface area contributed by atoms with Crippen molar-refractivity contribution < 1.29 is 0 Å². The number of hydrogen-bond acceptors (Lipinski definition) is 2. The molecular weight excluding hydrogens is 350 g/mol. The molecule has 1 aliphatic rings. The molecule has 0 bridgehead atoms. The molecule has 1 unspecified atom stereocenters. The van der Waals surface area contributed by atoms with E-state index < -0.39 is 0 Å². The summed E-state index contributed by atoms with van der Waals surface area (Å²) in [5.74, 6) is 0. The van der Waals surface area contributed by atoms with Crippen LogP contribution in [0.5, 0.6) is 0 Å². The maximum Gasteiger partial charge on any atom is 0.194 e. The highest BCUT2D eigenvalue weighted by Crippen LogP contribution is 2.33. The number of aryl methyl sites for hydroxylation is 1. The third kappa shape index (κ3) is 3.76. The van der Waals surface area contributed by atoms with Gasteiger partial charge in [-0.2, -0.15) is 5.10 Å². The quantitative estimate of drug-likeness (QED) is 0.612. The van der Waals surface area contributed by atoms with Crippen LogP contribution in [0.1, 0.15) is 29.2 Å². The number of benzene rings is 3. The summed E-state index contributed by atoms with van der Waals surface area (Å²) >= 11 is 5.74. The number of nitrogens with one attached hydrogen (secondary N) is 1. The number of anilines is 1. The monoisotopic (exact) mass is 371 g/mol. The van der Waals surface area contributed by atoms with E-state index in [0.29, 0.717) is 5.11 Å². The summed E-state index contributed by atoms with van der Waals surface area (Å²) in [6, 6.07) is 29.0. The molecule has 3 aromatic carbocycles. The Labute approximate surface area is 165 Å². The fraction of sp³-hybridized carbons (Fsp3) is 0.130. The molecule has 4 rings (SSSR count). The Morgan fingerprint density at radius 1 is 0.926 bits per heavy atom. The van der Waals surface area contributed by atoms with Crippen LogP contribution in [0.4, 0.5) is 5.69 Å². The number of hydrogen-bond donors (Lipinski definition) is 1. The fourth-order valence-corrected chi connectivity index (χ4v) is 3.60. The normalized spacial score (nSPS) is 16.1. The lowest BCUT2D eigenvalue weighted by molar-refractivity contribution is 0.375. The van der Waals surface area contributed by atoms with E-state index in [0.717, 1.165) is 28.9 Å². The van der Waals surface area contributed by atoms with Gasteiger partial charge in [0.15, 0.2) is 5.11 Å². The van der Waals surface area contributed by atoms with Gasteiger partial charge in [0.1, 0.15) is 0 Å². The van der Waals surface area contributed by atoms with Crippen LogP contribution in [0.25, 0.3) is 0 Å². The van der Waals surface area contributed by atoms with Gasteiger partial charge in [0, 0.05) is 12.1 Å². The van der Waals surface area contributed by atoms with Gasteiger partial charge in [-0.3, -0.25) is 0 Å². The molecule has 4 heteroatoms. The van der Waals surface area contributed by atoms with E-state index in [1.165, 1.54) is 5.56 Å². The smallest absolute Gasteiger partial charge is 0.194 e. The van der Waals surface area contributed by atoms with Crippen molar-refractivity contribution in [3.63, 3.8) is 0 Å². The summed E-state index contributed by atoms with van der Waals surface area (Å²) < 4.78 is 0. The Morgan fingerprint density at radius 3 is 2.26 bits per heavy atom. The third-order valence-corrected chi connectivity index (χ3v) is 5.09. The van der Waals surface area contributed by atoms with Crippen molar-refractivity contribution in [3.05, 3.63) is 102 Å². The summed E-state index contributed by atoms with van der Waals surface area (Å²) in [5, 5.41) is 10.8. The molecule has 0 saturated heterocycles. The minimum Gasteiger partial charge on any atom is -0.331 e. The molecule has 1 N–H and O–H groups in total. The minimum absolute atomic E-state index is 0.0884. The zero-order valence-corrected chi connectivity index (χ0v) is 16.0. The lowest BCUT2D eigenvalue weighted by Crippen LogP contribution is -2.31. The average molecular weight is 372 g/mol. The Hall–Kier alpha value is -2.98. The van der Waals surface area contributed by atoms with Crippen molar-refractivity contribution in [2.75, 3.05) is 5.32 Å². The first-order valence-corrected chi connectivity index (χ1v) is 9.47. The van der Waals surface area contributed by atoms with Crippen LogP contribution in [0.3, 0.4) is 0 Å². The highest BCUT2D eigenvalue weighted by molar-refractivity contribution is 7.80. The van der Waals surface area contributed by atoms with Crippen LogP contribution in [-0.2, 0) is 0 Å². The van der Waals surface area contributed by atoms with Crippen molar-refractivity contribution in [2.45, 2.75) is 19.4 Å². The van der Waals surface area contributed by atoms with Crippen molar-refractivity contribution in [2.24, 2.45) is 5.10 Å². The number of nitrogens with zero attached hydrogens (tertiary/aromatic N) is 2. The second-order valence-electron chi connectivity index (χ2n) is 6.63. The van der Waals surface area contributed by atoms with Gasteiger partial charge >= 0.3 is 0 Å². The molecule has 3 aromatic rings. The molecule has 0 fully saturated rings. The second-order valence-corrected chi connectivity index (χ2v) is 7.02.